The molecule has 2 aromatic rings. The van der Waals surface area contributed by atoms with Crippen molar-refractivity contribution in [3.05, 3.63) is 36.2 Å². The summed E-state index contributed by atoms with van der Waals surface area (Å²) in [5.41, 5.74) is 1.69. The third-order valence-electron chi connectivity index (χ3n) is 4.84. The van der Waals surface area contributed by atoms with Gasteiger partial charge in [0.2, 0.25) is 0 Å². The summed E-state index contributed by atoms with van der Waals surface area (Å²) in [4.78, 5) is 24.8. The topological polar surface area (TPSA) is 129 Å². The first-order valence-electron chi connectivity index (χ1n) is 10.1. The minimum atomic E-state index is -0.833. The Morgan fingerprint density at radius 3 is 2.60 bits per heavy atom. The molecule has 2 saturated heterocycles. The molecule has 2 atom stereocenters. The minimum absolute atomic E-state index is 0.726. The van der Waals surface area contributed by atoms with Crippen molar-refractivity contribution in [3.63, 3.8) is 0 Å². The molecule has 9 nitrogen and oxygen atoms in total. The second kappa shape index (κ2) is 12.0. The van der Waals surface area contributed by atoms with Crippen LogP contribution < -0.4 is 5.32 Å². The van der Waals surface area contributed by atoms with E-state index in [4.69, 9.17) is 24.3 Å². The number of carboxylic acid groups (broad SMARTS) is 2. The highest BCUT2D eigenvalue weighted by Crippen LogP contribution is 2.26. The molecule has 0 spiro atoms. The van der Waals surface area contributed by atoms with Crippen LogP contribution in [0.1, 0.15) is 38.9 Å². The molecule has 0 unspecified atom stereocenters. The maximum absolute atomic E-state index is 9.00. The number of aromatic nitrogens is 2. The van der Waals surface area contributed by atoms with Crippen molar-refractivity contribution in [2.45, 2.75) is 45.7 Å². The molecule has 4 heterocycles. The fourth-order valence-corrected chi connectivity index (χ4v) is 3.71. The van der Waals surface area contributed by atoms with Crippen LogP contribution in [0.4, 0.5) is 0 Å². The molecule has 4 rings (SSSR count). The Labute approximate surface area is 176 Å². The van der Waals surface area contributed by atoms with Crippen LogP contribution in [-0.4, -0.2) is 62.9 Å². The molecule has 2 aliphatic heterocycles. The number of hydrogen-bond donors (Lipinski definition) is 3. The number of pyridine rings is 1. The minimum Gasteiger partial charge on any atom is -0.481 e. The first-order chi connectivity index (χ1) is 14.3. The molecule has 2 fully saturated rings. The van der Waals surface area contributed by atoms with Gasteiger partial charge < -0.3 is 20.1 Å². The molecule has 2 aromatic heterocycles. The van der Waals surface area contributed by atoms with E-state index in [1.807, 2.05) is 24.3 Å². The number of nitrogens with one attached hydrogen (secondary N) is 1. The first kappa shape index (κ1) is 23.5. The van der Waals surface area contributed by atoms with E-state index >= 15 is 0 Å². The van der Waals surface area contributed by atoms with Crippen molar-refractivity contribution in [2.75, 3.05) is 19.6 Å². The maximum atomic E-state index is 9.00. The van der Waals surface area contributed by atoms with Crippen LogP contribution in [-0.2, 0) is 16.1 Å². The highest BCUT2D eigenvalue weighted by Gasteiger charge is 2.31. The van der Waals surface area contributed by atoms with Gasteiger partial charge in [0.1, 0.15) is 5.69 Å². The summed E-state index contributed by atoms with van der Waals surface area (Å²) >= 11 is 0. The molecule has 164 valence electrons. The van der Waals surface area contributed by atoms with E-state index in [1.165, 1.54) is 25.8 Å². The highest BCUT2D eigenvalue weighted by atomic mass is 16.5. The van der Waals surface area contributed by atoms with Gasteiger partial charge in [-0.1, -0.05) is 11.2 Å². The predicted molar refractivity (Wildman–Crippen MR) is 111 cm³/mol. The van der Waals surface area contributed by atoms with Crippen molar-refractivity contribution in [1.29, 1.82) is 0 Å². The zero-order chi connectivity index (χ0) is 21.9. The van der Waals surface area contributed by atoms with Crippen LogP contribution in [0.3, 0.4) is 0 Å². The van der Waals surface area contributed by atoms with E-state index in [9.17, 15) is 0 Å². The van der Waals surface area contributed by atoms with Crippen LogP contribution >= 0.6 is 0 Å². The molecule has 0 radical (unpaired) electrons. The van der Waals surface area contributed by atoms with Gasteiger partial charge in [-0.3, -0.25) is 19.5 Å². The number of hydrogen-bond acceptors (Lipinski definition) is 7. The first-order valence-corrected chi connectivity index (χ1v) is 10.1. The Kier molecular flexibility index (Phi) is 9.43. The molecule has 9 heteroatoms. The number of piperidine rings is 2. The molecular weight excluding hydrogens is 388 g/mol. The largest absolute Gasteiger partial charge is 0.481 e. The Balaban J connectivity index is 0.000000347. The predicted octanol–water partition coefficient (Wildman–Crippen LogP) is 2.49. The number of likely N-dealkylation sites (tertiary alicyclic amines) is 1. The Hall–Kier alpha value is -2.78. The van der Waals surface area contributed by atoms with Gasteiger partial charge in [-0.25, -0.2) is 0 Å². The quantitative estimate of drug-likeness (QED) is 0.688. The summed E-state index contributed by atoms with van der Waals surface area (Å²) in [6.45, 7) is 6.50. The highest BCUT2D eigenvalue weighted by molar-refractivity contribution is 5.63. The summed E-state index contributed by atoms with van der Waals surface area (Å²) in [6, 6.07) is 8.59. The zero-order valence-electron chi connectivity index (χ0n) is 17.5. The van der Waals surface area contributed by atoms with Gasteiger partial charge in [-0.15, -0.1) is 0 Å². The number of aliphatic carboxylic acids is 2. The van der Waals surface area contributed by atoms with Crippen LogP contribution in [0.25, 0.3) is 11.4 Å². The van der Waals surface area contributed by atoms with Gasteiger partial charge >= 0.3 is 0 Å². The third kappa shape index (κ3) is 8.30. The lowest BCUT2D eigenvalue weighted by atomic mass is 9.85. The van der Waals surface area contributed by atoms with Crippen LogP contribution in [0.5, 0.6) is 0 Å². The van der Waals surface area contributed by atoms with Gasteiger partial charge in [0.05, 0.1) is 12.2 Å². The van der Waals surface area contributed by atoms with E-state index in [1.54, 1.807) is 6.20 Å². The van der Waals surface area contributed by atoms with Crippen molar-refractivity contribution < 1.29 is 24.3 Å². The van der Waals surface area contributed by atoms with Gasteiger partial charge in [0, 0.05) is 45.2 Å². The summed E-state index contributed by atoms with van der Waals surface area (Å²) in [5, 5.41) is 22.7. The van der Waals surface area contributed by atoms with Gasteiger partial charge in [0.25, 0.3) is 11.9 Å². The second-order valence-electron chi connectivity index (χ2n) is 7.42. The van der Waals surface area contributed by atoms with E-state index in [0.717, 1.165) is 62.6 Å². The molecule has 30 heavy (non-hydrogen) atoms. The van der Waals surface area contributed by atoms with E-state index in [2.05, 4.69) is 20.4 Å². The Morgan fingerprint density at radius 1 is 1.20 bits per heavy atom. The van der Waals surface area contributed by atoms with Crippen molar-refractivity contribution in [1.82, 2.24) is 20.4 Å². The van der Waals surface area contributed by atoms with Crippen molar-refractivity contribution in [2.24, 2.45) is 5.92 Å². The molecule has 2 aliphatic rings. The number of carbonyl (C=O) groups is 2. The Bertz CT molecular complexity index is 776. The zero-order valence-corrected chi connectivity index (χ0v) is 17.5. The van der Waals surface area contributed by atoms with Crippen LogP contribution in [0, 0.1) is 5.92 Å². The average Bonchev–Trinajstić information content (AvgIpc) is 3.16. The lowest BCUT2D eigenvalue weighted by Crippen LogP contribution is -2.51. The third-order valence-corrected chi connectivity index (χ3v) is 4.84. The van der Waals surface area contributed by atoms with E-state index in [-0.39, 0.29) is 0 Å². The van der Waals surface area contributed by atoms with Gasteiger partial charge in [-0.05, 0) is 43.9 Å². The summed E-state index contributed by atoms with van der Waals surface area (Å²) in [5.74, 6) is 0.0588. The molecule has 0 bridgehead atoms. The number of fused-ring (bicyclic) bond motifs is 1. The Morgan fingerprint density at radius 2 is 1.93 bits per heavy atom. The summed E-state index contributed by atoms with van der Waals surface area (Å²) in [7, 11) is 0. The molecule has 0 aliphatic carbocycles. The van der Waals surface area contributed by atoms with Crippen LogP contribution in [0.15, 0.2) is 35.0 Å². The number of rotatable bonds is 3. The lowest BCUT2D eigenvalue weighted by molar-refractivity contribution is -0.135. The molecular formula is C21H30N4O5. The van der Waals surface area contributed by atoms with E-state index < -0.39 is 11.9 Å². The van der Waals surface area contributed by atoms with Gasteiger partial charge in [0.15, 0.2) is 5.76 Å². The smallest absolute Gasteiger partial charge is 0.300 e. The molecule has 0 saturated carbocycles. The van der Waals surface area contributed by atoms with Gasteiger partial charge in [-0.2, -0.15) is 0 Å². The lowest BCUT2D eigenvalue weighted by Gasteiger charge is -2.41. The SMILES string of the molecule is CC(=O)O.CC(=O)O.c1ccc(-c2cc(CN3CC[C@@H]4NCCC[C@@H]4C3)on2)nc1. The summed E-state index contributed by atoms with van der Waals surface area (Å²) < 4.78 is 5.51. The normalized spacial score (nSPS) is 20.6. The average molecular weight is 418 g/mol. The van der Waals surface area contributed by atoms with Crippen molar-refractivity contribution in [3.8, 4) is 11.4 Å². The molecule has 0 amide bonds. The molecule has 3 N–H and O–H groups in total. The van der Waals surface area contributed by atoms with Crippen molar-refractivity contribution >= 4 is 11.9 Å². The summed E-state index contributed by atoms with van der Waals surface area (Å²) in [6.07, 6.45) is 5.68. The number of nitrogens with zero attached hydrogens (tertiary/aromatic N) is 3. The fraction of sp³-hybridized carbons (Fsp3) is 0.524. The second-order valence-corrected chi connectivity index (χ2v) is 7.42. The maximum Gasteiger partial charge on any atom is 0.300 e. The standard InChI is InChI=1S/C17H22N4O.2C2H4O2/c1-2-7-19-16(5-1)17-10-14(22-20-17)12-21-9-6-15-13(11-21)4-3-8-18-15;2*1-2(3)4/h1-2,5,7,10,13,15,18H,3-4,6,8-9,11-12H2;2*1H3,(H,3,4)/t13-,15+;;/m1../s1. The number of carboxylic acids is 2. The molecule has 0 aromatic carbocycles. The monoisotopic (exact) mass is 418 g/mol. The van der Waals surface area contributed by atoms with E-state index in [0.29, 0.717) is 0 Å². The van der Waals surface area contributed by atoms with Crippen LogP contribution in [0.2, 0.25) is 0 Å². The fourth-order valence-electron chi connectivity index (χ4n) is 3.71.